The first kappa shape index (κ1) is 12.9. The Balaban J connectivity index is 1.57. The summed E-state index contributed by atoms with van der Waals surface area (Å²) >= 11 is 4.28. The Morgan fingerprint density at radius 2 is 2.28 bits per heavy atom. The van der Waals surface area contributed by atoms with Crippen molar-refractivity contribution < 1.29 is 4.79 Å². The van der Waals surface area contributed by atoms with Crippen LogP contribution in [0.1, 0.15) is 42.2 Å². The van der Waals surface area contributed by atoms with E-state index in [4.69, 9.17) is 0 Å². The Morgan fingerprint density at radius 3 is 3.06 bits per heavy atom. The summed E-state index contributed by atoms with van der Waals surface area (Å²) in [6.45, 7) is 0.451. The third-order valence-electron chi connectivity index (χ3n) is 3.54. The topological polar surface area (TPSA) is 41.1 Å². The molecule has 98 valence electrons. The molecule has 1 atom stereocenters. The molecule has 2 aliphatic rings. The molecule has 1 aromatic heterocycles. The first-order valence-electron chi connectivity index (χ1n) is 6.53. The number of carbonyl (C=O) groups excluding carboxylic acids is 1. The van der Waals surface area contributed by atoms with E-state index in [0.29, 0.717) is 18.6 Å². The maximum Gasteiger partial charge on any atom is 0.234 e. The SMILES string of the molecule is O=C(CNC1CCCc2sc(I)cc21)NC1CC1. The number of hydrogen-bond acceptors (Lipinski definition) is 3. The van der Waals surface area contributed by atoms with E-state index in [2.05, 4.69) is 39.3 Å². The third-order valence-corrected chi connectivity index (χ3v) is 5.51. The molecule has 0 saturated heterocycles. The van der Waals surface area contributed by atoms with Crippen LogP contribution in [0.3, 0.4) is 0 Å². The first-order chi connectivity index (χ1) is 8.72. The van der Waals surface area contributed by atoms with Crippen LogP contribution in [0, 0.1) is 2.88 Å². The smallest absolute Gasteiger partial charge is 0.234 e. The molecule has 2 aliphatic carbocycles. The highest BCUT2D eigenvalue weighted by molar-refractivity contribution is 14.1. The number of carbonyl (C=O) groups is 1. The van der Waals surface area contributed by atoms with Gasteiger partial charge in [0.15, 0.2) is 0 Å². The maximum absolute atomic E-state index is 11.7. The molecule has 5 heteroatoms. The van der Waals surface area contributed by atoms with E-state index in [1.165, 1.54) is 26.2 Å². The number of rotatable bonds is 4. The Bertz CT molecular complexity index is 456. The van der Waals surface area contributed by atoms with Gasteiger partial charge in [0.2, 0.25) is 5.91 Å². The number of halogens is 1. The van der Waals surface area contributed by atoms with Gasteiger partial charge < -0.3 is 10.6 Å². The molecule has 0 bridgehead atoms. The molecule has 3 nitrogen and oxygen atoms in total. The fraction of sp³-hybridized carbons (Fsp3) is 0.615. The van der Waals surface area contributed by atoms with Crippen LogP contribution in [0.5, 0.6) is 0 Å². The molecule has 2 N–H and O–H groups in total. The van der Waals surface area contributed by atoms with Crippen LogP contribution in [0.4, 0.5) is 0 Å². The summed E-state index contributed by atoms with van der Waals surface area (Å²) in [5.74, 6) is 0.148. The van der Waals surface area contributed by atoms with Crippen molar-refractivity contribution in [3.05, 3.63) is 19.4 Å². The number of hydrogen-bond donors (Lipinski definition) is 2. The van der Waals surface area contributed by atoms with Crippen molar-refractivity contribution in [3.63, 3.8) is 0 Å². The Kier molecular flexibility index (Phi) is 3.91. The van der Waals surface area contributed by atoms with Crippen LogP contribution in [0.2, 0.25) is 0 Å². The molecular formula is C13H17IN2OS. The molecule has 0 spiro atoms. The van der Waals surface area contributed by atoms with Crippen LogP contribution in [-0.2, 0) is 11.2 Å². The number of fused-ring (bicyclic) bond motifs is 1. The van der Waals surface area contributed by atoms with Gasteiger partial charge in [0, 0.05) is 17.0 Å². The van der Waals surface area contributed by atoms with Crippen LogP contribution in [0.25, 0.3) is 0 Å². The fourth-order valence-electron chi connectivity index (χ4n) is 2.46. The van der Waals surface area contributed by atoms with E-state index < -0.39 is 0 Å². The average molecular weight is 376 g/mol. The van der Waals surface area contributed by atoms with E-state index in [1.54, 1.807) is 0 Å². The zero-order chi connectivity index (χ0) is 12.5. The highest BCUT2D eigenvalue weighted by Gasteiger charge is 2.25. The lowest BCUT2D eigenvalue weighted by atomic mass is 9.94. The van der Waals surface area contributed by atoms with Crippen molar-refractivity contribution in [1.82, 2.24) is 10.6 Å². The Hall–Kier alpha value is -0.140. The number of amides is 1. The molecule has 3 rings (SSSR count). The summed E-state index contributed by atoms with van der Waals surface area (Å²) in [6, 6.07) is 3.11. The molecule has 0 aromatic carbocycles. The lowest BCUT2D eigenvalue weighted by Gasteiger charge is -2.23. The van der Waals surface area contributed by atoms with Crippen molar-refractivity contribution in [3.8, 4) is 0 Å². The fourth-order valence-corrected chi connectivity index (χ4v) is 4.58. The minimum atomic E-state index is 0.148. The number of nitrogens with one attached hydrogen (secondary N) is 2. The van der Waals surface area contributed by atoms with E-state index in [1.807, 2.05) is 11.3 Å². The van der Waals surface area contributed by atoms with Crippen LogP contribution >= 0.6 is 33.9 Å². The molecule has 1 aromatic rings. The molecule has 1 unspecified atom stereocenters. The molecule has 1 amide bonds. The van der Waals surface area contributed by atoms with E-state index in [-0.39, 0.29) is 5.91 Å². The molecule has 0 aliphatic heterocycles. The van der Waals surface area contributed by atoms with E-state index >= 15 is 0 Å². The molecular weight excluding hydrogens is 359 g/mol. The second kappa shape index (κ2) is 5.46. The quantitative estimate of drug-likeness (QED) is 0.794. The van der Waals surface area contributed by atoms with Gasteiger partial charge in [-0.2, -0.15) is 0 Å². The summed E-state index contributed by atoms with van der Waals surface area (Å²) in [4.78, 5) is 13.2. The first-order valence-corrected chi connectivity index (χ1v) is 8.43. The lowest BCUT2D eigenvalue weighted by Crippen LogP contribution is -2.37. The summed E-state index contributed by atoms with van der Waals surface area (Å²) in [5, 5.41) is 6.44. The predicted octanol–water partition coefficient (Wildman–Crippen LogP) is 2.60. The maximum atomic E-state index is 11.7. The van der Waals surface area contributed by atoms with Gasteiger partial charge in [-0.15, -0.1) is 11.3 Å². The molecule has 1 saturated carbocycles. The van der Waals surface area contributed by atoms with Gasteiger partial charge in [-0.1, -0.05) is 0 Å². The second-order valence-electron chi connectivity index (χ2n) is 5.10. The average Bonchev–Trinajstić information content (AvgIpc) is 3.05. The standard InChI is InChI=1S/C13H17IN2OS/c14-12-6-9-10(2-1-3-11(9)18-12)15-7-13(17)16-8-4-5-8/h6,8,10,15H,1-5,7H2,(H,16,17). The van der Waals surface area contributed by atoms with Gasteiger partial charge in [0.1, 0.15) is 0 Å². The van der Waals surface area contributed by atoms with E-state index in [9.17, 15) is 4.79 Å². The zero-order valence-electron chi connectivity index (χ0n) is 10.2. The van der Waals surface area contributed by atoms with Crippen LogP contribution < -0.4 is 10.6 Å². The van der Waals surface area contributed by atoms with Gasteiger partial charge in [-0.25, -0.2) is 0 Å². The lowest BCUT2D eigenvalue weighted by molar-refractivity contribution is -0.120. The van der Waals surface area contributed by atoms with E-state index in [0.717, 1.165) is 19.3 Å². The predicted molar refractivity (Wildman–Crippen MR) is 81.9 cm³/mol. The van der Waals surface area contributed by atoms with Crippen LogP contribution in [0.15, 0.2) is 6.07 Å². The van der Waals surface area contributed by atoms with Gasteiger partial charge in [0.25, 0.3) is 0 Å². The molecule has 1 fully saturated rings. The highest BCUT2D eigenvalue weighted by atomic mass is 127. The molecule has 18 heavy (non-hydrogen) atoms. The normalized spacial score (nSPS) is 22.6. The summed E-state index contributed by atoms with van der Waals surface area (Å²) in [5.41, 5.74) is 1.43. The van der Waals surface area contributed by atoms with Gasteiger partial charge in [-0.3, -0.25) is 4.79 Å². The van der Waals surface area contributed by atoms with Gasteiger partial charge in [0.05, 0.1) is 9.43 Å². The van der Waals surface area contributed by atoms with Gasteiger partial charge >= 0.3 is 0 Å². The van der Waals surface area contributed by atoms with Crippen LogP contribution in [-0.4, -0.2) is 18.5 Å². The Morgan fingerprint density at radius 1 is 1.44 bits per heavy atom. The van der Waals surface area contributed by atoms with Crippen molar-refractivity contribution in [2.24, 2.45) is 0 Å². The van der Waals surface area contributed by atoms with Crippen molar-refractivity contribution in [2.75, 3.05) is 6.54 Å². The van der Waals surface area contributed by atoms with Gasteiger partial charge in [-0.05, 0) is 66.3 Å². The van der Waals surface area contributed by atoms with Crippen molar-refractivity contribution in [2.45, 2.75) is 44.2 Å². The second-order valence-corrected chi connectivity index (χ2v) is 8.13. The third kappa shape index (κ3) is 3.05. The minimum Gasteiger partial charge on any atom is -0.352 e. The largest absolute Gasteiger partial charge is 0.352 e. The Labute approximate surface area is 125 Å². The highest BCUT2D eigenvalue weighted by Crippen LogP contribution is 2.36. The summed E-state index contributed by atoms with van der Waals surface area (Å²) in [6.07, 6.45) is 5.89. The summed E-state index contributed by atoms with van der Waals surface area (Å²) in [7, 11) is 0. The number of thiophene rings is 1. The molecule has 0 radical (unpaired) electrons. The monoisotopic (exact) mass is 376 g/mol. The minimum absolute atomic E-state index is 0.148. The zero-order valence-corrected chi connectivity index (χ0v) is 13.1. The number of aryl methyl sites for hydroxylation is 1. The summed E-state index contributed by atoms with van der Waals surface area (Å²) < 4.78 is 1.36. The van der Waals surface area contributed by atoms with Crippen molar-refractivity contribution in [1.29, 1.82) is 0 Å². The molecule has 1 heterocycles. The van der Waals surface area contributed by atoms with Crippen molar-refractivity contribution >= 4 is 39.8 Å².